The van der Waals surface area contributed by atoms with Crippen LogP contribution in [0.4, 0.5) is 10.1 Å². The summed E-state index contributed by atoms with van der Waals surface area (Å²) in [6, 6.07) is 12.5. The van der Waals surface area contributed by atoms with Crippen LogP contribution < -0.4 is 15.8 Å². The molecule has 3 aromatic rings. The molecule has 0 saturated carbocycles. The number of benzene rings is 2. The number of anilines is 1. The zero-order valence-corrected chi connectivity index (χ0v) is 17.4. The Hall–Kier alpha value is -3.65. The van der Waals surface area contributed by atoms with Crippen molar-refractivity contribution in [2.45, 2.75) is 13.3 Å². The van der Waals surface area contributed by atoms with Crippen molar-refractivity contribution in [2.75, 3.05) is 11.9 Å². The zero-order chi connectivity index (χ0) is 22.4. The molecular formula is C22H20ClFN4O3. The van der Waals surface area contributed by atoms with E-state index in [4.69, 9.17) is 22.1 Å². The summed E-state index contributed by atoms with van der Waals surface area (Å²) in [4.78, 5) is 23.0. The first kappa shape index (κ1) is 22.0. The summed E-state index contributed by atoms with van der Waals surface area (Å²) in [6.07, 6.45) is 3.05. The predicted molar refractivity (Wildman–Crippen MR) is 117 cm³/mol. The van der Waals surface area contributed by atoms with Gasteiger partial charge in [0.25, 0.3) is 0 Å². The second-order valence-corrected chi connectivity index (χ2v) is 6.95. The number of aryl methyl sites for hydroxylation is 1. The van der Waals surface area contributed by atoms with Crippen LogP contribution in [0.3, 0.4) is 0 Å². The van der Waals surface area contributed by atoms with Gasteiger partial charge in [-0.1, -0.05) is 11.6 Å². The molecule has 2 amide bonds. The van der Waals surface area contributed by atoms with Gasteiger partial charge in [-0.2, -0.15) is 5.10 Å². The van der Waals surface area contributed by atoms with E-state index in [0.717, 1.165) is 0 Å². The first-order valence-electron chi connectivity index (χ1n) is 9.35. The van der Waals surface area contributed by atoms with Crippen molar-refractivity contribution in [1.29, 1.82) is 0 Å². The molecule has 0 unspecified atom stereocenters. The number of aromatic nitrogens is 2. The van der Waals surface area contributed by atoms with E-state index in [9.17, 15) is 14.0 Å². The van der Waals surface area contributed by atoms with E-state index in [0.29, 0.717) is 33.5 Å². The molecule has 0 bridgehead atoms. The van der Waals surface area contributed by atoms with Crippen LogP contribution in [0.1, 0.15) is 17.7 Å². The van der Waals surface area contributed by atoms with Crippen LogP contribution in [0.5, 0.6) is 5.75 Å². The largest absolute Gasteiger partial charge is 0.493 e. The van der Waals surface area contributed by atoms with Gasteiger partial charge in [-0.25, -0.2) is 9.07 Å². The lowest BCUT2D eigenvalue weighted by Gasteiger charge is -2.06. The molecule has 3 rings (SSSR count). The average Bonchev–Trinajstić information content (AvgIpc) is 3.01. The van der Waals surface area contributed by atoms with Crippen molar-refractivity contribution in [3.8, 4) is 11.4 Å². The summed E-state index contributed by atoms with van der Waals surface area (Å²) in [5.74, 6) is -0.585. The zero-order valence-electron chi connectivity index (χ0n) is 16.6. The number of nitrogens with zero attached hydrogens (tertiary/aromatic N) is 2. The molecule has 0 aliphatic rings. The molecule has 0 saturated heterocycles. The minimum Gasteiger partial charge on any atom is -0.493 e. The van der Waals surface area contributed by atoms with Gasteiger partial charge < -0.3 is 15.8 Å². The van der Waals surface area contributed by atoms with E-state index < -0.39 is 5.91 Å². The molecule has 1 heterocycles. The van der Waals surface area contributed by atoms with Crippen LogP contribution in [0.2, 0.25) is 5.15 Å². The number of amides is 2. The van der Waals surface area contributed by atoms with Crippen molar-refractivity contribution in [2.24, 2.45) is 5.73 Å². The third kappa shape index (κ3) is 5.93. The molecule has 31 heavy (non-hydrogen) atoms. The van der Waals surface area contributed by atoms with Crippen molar-refractivity contribution in [3.05, 3.63) is 76.8 Å². The smallest absolute Gasteiger partial charge is 0.248 e. The fraction of sp³-hybridized carbons (Fsp3) is 0.136. The maximum atomic E-state index is 13.1. The SMILES string of the molecule is Cc1nn(-c2ccc(F)cc2)c(Cl)c1/C=C/C(=O)Nc1ccc(OCCC(N)=O)cc1. The van der Waals surface area contributed by atoms with Crippen molar-refractivity contribution in [1.82, 2.24) is 9.78 Å². The number of carbonyl (C=O) groups is 2. The van der Waals surface area contributed by atoms with E-state index in [1.54, 1.807) is 49.4 Å². The van der Waals surface area contributed by atoms with Gasteiger partial charge in [0, 0.05) is 17.3 Å². The van der Waals surface area contributed by atoms with E-state index in [1.807, 2.05) is 0 Å². The van der Waals surface area contributed by atoms with E-state index >= 15 is 0 Å². The van der Waals surface area contributed by atoms with Crippen LogP contribution in [0.15, 0.2) is 54.6 Å². The summed E-state index contributed by atoms with van der Waals surface area (Å²) in [5.41, 5.74) is 7.44. The van der Waals surface area contributed by atoms with Gasteiger partial charge in [-0.3, -0.25) is 9.59 Å². The molecule has 9 heteroatoms. The Kier molecular flexibility index (Phi) is 7.04. The highest BCUT2D eigenvalue weighted by atomic mass is 35.5. The van der Waals surface area contributed by atoms with Gasteiger partial charge in [-0.05, 0) is 61.5 Å². The minimum absolute atomic E-state index is 0.128. The maximum absolute atomic E-state index is 13.1. The maximum Gasteiger partial charge on any atom is 0.248 e. The molecule has 0 aliphatic heterocycles. The second kappa shape index (κ2) is 9.90. The number of halogens is 2. The third-order valence-corrected chi connectivity index (χ3v) is 4.62. The molecule has 160 valence electrons. The Bertz CT molecular complexity index is 1110. The number of hydrogen-bond donors (Lipinski definition) is 2. The van der Waals surface area contributed by atoms with Crippen molar-refractivity contribution in [3.63, 3.8) is 0 Å². The first-order valence-corrected chi connectivity index (χ1v) is 9.72. The number of nitrogens with one attached hydrogen (secondary N) is 1. The van der Waals surface area contributed by atoms with E-state index in [1.165, 1.54) is 22.9 Å². The average molecular weight is 443 g/mol. The van der Waals surface area contributed by atoms with Crippen LogP contribution in [0.25, 0.3) is 11.8 Å². The van der Waals surface area contributed by atoms with Crippen molar-refractivity contribution < 1.29 is 18.7 Å². The van der Waals surface area contributed by atoms with Crippen LogP contribution in [-0.2, 0) is 9.59 Å². The number of primary amides is 1. The highest BCUT2D eigenvalue weighted by Crippen LogP contribution is 2.25. The quantitative estimate of drug-likeness (QED) is 0.517. The lowest BCUT2D eigenvalue weighted by atomic mass is 10.2. The predicted octanol–water partition coefficient (Wildman–Crippen LogP) is 3.88. The van der Waals surface area contributed by atoms with Crippen molar-refractivity contribution >= 4 is 35.2 Å². The van der Waals surface area contributed by atoms with E-state index in [-0.39, 0.29) is 24.8 Å². The highest BCUT2D eigenvalue weighted by Gasteiger charge is 2.13. The normalized spacial score (nSPS) is 10.9. The second-order valence-electron chi connectivity index (χ2n) is 6.59. The lowest BCUT2D eigenvalue weighted by molar-refractivity contribution is -0.118. The van der Waals surface area contributed by atoms with Crippen LogP contribution in [-0.4, -0.2) is 28.2 Å². The monoisotopic (exact) mass is 442 g/mol. The number of hydrogen-bond acceptors (Lipinski definition) is 4. The van der Waals surface area contributed by atoms with Gasteiger partial charge in [0.1, 0.15) is 16.7 Å². The Balaban J connectivity index is 1.63. The summed E-state index contributed by atoms with van der Waals surface area (Å²) in [7, 11) is 0. The standard InChI is InChI=1S/C22H20ClFN4O3/c1-14-19(22(23)28(27-14)17-6-2-15(24)3-7-17)10-11-21(30)26-16-4-8-18(9-5-16)31-13-12-20(25)29/h2-11H,12-13H2,1H3,(H2,25,29)(H,26,30)/b11-10+. The third-order valence-electron chi connectivity index (χ3n) is 4.26. The molecule has 0 fully saturated rings. The van der Waals surface area contributed by atoms with E-state index in [2.05, 4.69) is 10.4 Å². The Labute approximate surface area is 183 Å². The minimum atomic E-state index is -0.436. The molecule has 7 nitrogen and oxygen atoms in total. The van der Waals surface area contributed by atoms with Crippen LogP contribution >= 0.6 is 11.6 Å². The first-order chi connectivity index (χ1) is 14.8. The number of ether oxygens (including phenoxy) is 1. The molecule has 0 aliphatic carbocycles. The summed E-state index contributed by atoms with van der Waals surface area (Å²) < 4.78 is 20.0. The molecule has 1 aromatic heterocycles. The lowest BCUT2D eigenvalue weighted by Crippen LogP contribution is -2.14. The fourth-order valence-corrected chi connectivity index (χ4v) is 3.04. The fourth-order valence-electron chi connectivity index (χ4n) is 2.70. The van der Waals surface area contributed by atoms with Gasteiger partial charge in [-0.15, -0.1) is 0 Å². The van der Waals surface area contributed by atoms with Gasteiger partial charge in [0.15, 0.2) is 0 Å². The molecule has 0 atom stereocenters. The summed E-state index contributed by atoms with van der Waals surface area (Å²) in [5, 5.41) is 7.39. The molecule has 0 radical (unpaired) electrons. The van der Waals surface area contributed by atoms with Crippen LogP contribution in [0, 0.1) is 12.7 Å². The molecule has 2 aromatic carbocycles. The van der Waals surface area contributed by atoms with Gasteiger partial charge in [0.05, 0.1) is 24.4 Å². The Morgan fingerprint density at radius 3 is 2.52 bits per heavy atom. The Morgan fingerprint density at radius 1 is 1.19 bits per heavy atom. The van der Waals surface area contributed by atoms with Gasteiger partial charge >= 0.3 is 0 Å². The summed E-state index contributed by atoms with van der Waals surface area (Å²) >= 11 is 6.41. The molecule has 3 N–H and O–H groups in total. The number of carbonyl (C=O) groups excluding carboxylic acids is 2. The Morgan fingerprint density at radius 2 is 1.87 bits per heavy atom. The summed E-state index contributed by atoms with van der Waals surface area (Å²) in [6.45, 7) is 1.95. The van der Waals surface area contributed by atoms with Gasteiger partial charge in [0.2, 0.25) is 11.8 Å². The number of rotatable bonds is 8. The topological polar surface area (TPSA) is 99.2 Å². The number of nitrogens with two attached hydrogens (primary N) is 1. The molecule has 0 spiro atoms. The molecular weight excluding hydrogens is 423 g/mol. The highest BCUT2D eigenvalue weighted by molar-refractivity contribution is 6.31.